The molecule has 4 aliphatic carbocycles. The molecule has 2 bridgehead atoms. The molecule has 2 nitrogen and oxygen atoms in total. The highest BCUT2D eigenvalue weighted by molar-refractivity contribution is 5.29. The topological polar surface area (TPSA) is 49.8 Å². The highest BCUT2D eigenvalue weighted by Gasteiger charge is 2.66. The van der Waals surface area contributed by atoms with Crippen LogP contribution in [0, 0.1) is 35.0 Å². The molecule has 4 aliphatic rings. The first-order valence-corrected chi connectivity index (χ1v) is 5.54. The molecule has 0 aromatic heterocycles. The quantitative estimate of drug-likeness (QED) is 0.638. The Balaban J connectivity index is 1.89. The molecule has 74 valence electrons. The molecule has 0 spiro atoms. The molecule has 0 radical (unpaired) electrons. The lowest BCUT2D eigenvalue weighted by atomic mass is 9.61. The largest absolute Gasteiger partial charge is 0.325 e. The summed E-state index contributed by atoms with van der Waals surface area (Å²) in [6, 6.07) is 2.24. The van der Waals surface area contributed by atoms with Crippen LogP contribution >= 0.6 is 0 Å². The lowest BCUT2D eigenvalue weighted by Crippen LogP contribution is -2.48. The van der Waals surface area contributed by atoms with E-state index in [1.54, 1.807) is 0 Å². The molecule has 4 saturated carbocycles. The Kier molecular flexibility index (Phi) is 1.46. The van der Waals surface area contributed by atoms with Crippen LogP contribution in [0.1, 0.15) is 25.7 Å². The number of hydrogen-bond donors (Lipinski definition) is 1. The maximum absolute atomic E-state index is 8.90. The highest BCUT2D eigenvalue weighted by atomic mass is 14.9. The predicted molar refractivity (Wildman–Crippen MR) is 54.1 cm³/mol. The van der Waals surface area contributed by atoms with Crippen LogP contribution in [-0.2, 0) is 0 Å². The first-order valence-electron chi connectivity index (χ1n) is 5.54. The summed E-state index contributed by atoms with van der Waals surface area (Å²) in [5, 5.41) is 8.90. The van der Waals surface area contributed by atoms with Crippen molar-refractivity contribution in [3.63, 3.8) is 0 Å². The average Bonchev–Trinajstić information content (AvgIpc) is 2.92. The summed E-state index contributed by atoms with van der Waals surface area (Å²) in [4.78, 5) is 0. The zero-order valence-corrected chi connectivity index (χ0v) is 8.37. The fourth-order valence-corrected chi connectivity index (χ4v) is 3.99. The van der Waals surface area contributed by atoms with Crippen molar-refractivity contribution < 1.29 is 0 Å². The molecule has 5 unspecified atom stereocenters. The standard InChI is InChI=1S/C12H16N2/c1-7(6-13)10-4-8-2-3-9(10)11-5-12(8,11)14/h8-11H,1-5,14H2. The van der Waals surface area contributed by atoms with E-state index in [1.807, 2.05) is 0 Å². The maximum Gasteiger partial charge on any atom is 0.0943 e. The van der Waals surface area contributed by atoms with Crippen LogP contribution in [0.25, 0.3) is 0 Å². The van der Waals surface area contributed by atoms with Gasteiger partial charge in [-0.1, -0.05) is 6.58 Å². The second kappa shape index (κ2) is 2.41. The van der Waals surface area contributed by atoms with Gasteiger partial charge in [-0.15, -0.1) is 0 Å². The minimum Gasteiger partial charge on any atom is -0.325 e. The van der Waals surface area contributed by atoms with Gasteiger partial charge in [-0.2, -0.15) is 5.26 Å². The molecule has 0 heterocycles. The summed E-state index contributed by atoms with van der Waals surface area (Å²) >= 11 is 0. The van der Waals surface area contributed by atoms with E-state index in [0.29, 0.717) is 23.7 Å². The molecule has 5 atom stereocenters. The monoisotopic (exact) mass is 188 g/mol. The number of nitrogens with zero attached hydrogens (tertiary/aromatic N) is 1. The highest BCUT2D eigenvalue weighted by Crippen LogP contribution is 2.66. The van der Waals surface area contributed by atoms with Crippen molar-refractivity contribution in [2.75, 3.05) is 0 Å². The third kappa shape index (κ3) is 0.840. The zero-order valence-electron chi connectivity index (χ0n) is 8.37. The second-order valence-electron chi connectivity index (χ2n) is 5.34. The van der Waals surface area contributed by atoms with Gasteiger partial charge in [0.1, 0.15) is 0 Å². The van der Waals surface area contributed by atoms with E-state index in [2.05, 4.69) is 12.6 Å². The fraction of sp³-hybridized carbons (Fsp3) is 0.750. The number of allylic oxidation sites excluding steroid dienone is 1. The molecule has 2 heteroatoms. The average molecular weight is 188 g/mol. The van der Waals surface area contributed by atoms with E-state index in [1.165, 1.54) is 19.3 Å². The Morgan fingerprint density at radius 2 is 2.29 bits per heavy atom. The van der Waals surface area contributed by atoms with Gasteiger partial charge in [0.25, 0.3) is 0 Å². The van der Waals surface area contributed by atoms with Gasteiger partial charge >= 0.3 is 0 Å². The van der Waals surface area contributed by atoms with Crippen LogP contribution in [0.5, 0.6) is 0 Å². The number of nitrogens with two attached hydrogens (primary N) is 1. The van der Waals surface area contributed by atoms with Gasteiger partial charge in [-0.3, -0.25) is 0 Å². The number of rotatable bonds is 1. The van der Waals surface area contributed by atoms with Crippen LogP contribution in [0.2, 0.25) is 0 Å². The molecule has 0 aromatic rings. The molecule has 0 saturated heterocycles. The van der Waals surface area contributed by atoms with Gasteiger partial charge in [0, 0.05) is 11.1 Å². The summed E-state index contributed by atoms with van der Waals surface area (Å²) in [5.74, 6) is 2.53. The summed E-state index contributed by atoms with van der Waals surface area (Å²) in [5.41, 5.74) is 7.30. The maximum atomic E-state index is 8.90. The normalized spacial score (nSPS) is 53.4. The van der Waals surface area contributed by atoms with E-state index >= 15 is 0 Å². The lowest BCUT2D eigenvalue weighted by Gasteiger charge is -2.45. The molecule has 2 N–H and O–H groups in total. The summed E-state index contributed by atoms with van der Waals surface area (Å²) in [6.45, 7) is 3.89. The molecule has 4 fully saturated rings. The van der Waals surface area contributed by atoms with E-state index in [-0.39, 0.29) is 5.54 Å². The van der Waals surface area contributed by atoms with Crippen LogP contribution in [0.4, 0.5) is 0 Å². The van der Waals surface area contributed by atoms with Gasteiger partial charge in [-0.25, -0.2) is 0 Å². The summed E-state index contributed by atoms with van der Waals surface area (Å²) < 4.78 is 0. The summed E-state index contributed by atoms with van der Waals surface area (Å²) in [7, 11) is 0. The number of nitriles is 1. The third-order valence-electron chi connectivity index (χ3n) is 4.88. The number of fused-ring (bicyclic) bond motifs is 2. The Bertz CT molecular complexity index is 341. The first kappa shape index (κ1) is 8.49. The predicted octanol–water partition coefficient (Wildman–Crippen LogP) is 1.83. The van der Waals surface area contributed by atoms with Gasteiger partial charge in [0.2, 0.25) is 0 Å². The van der Waals surface area contributed by atoms with Crippen molar-refractivity contribution in [1.29, 1.82) is 5.26 Å². The summed E-state index contributed by atoms with van der Waals surface area (Å²) in [6.07, 6.45) is 4.90. The molecule has 0 amide bonds. The SMILES string of the molecule is C=C(C#N)C1CC2CCC1C1CC21N. The van der Waals surface area contributed by atoms with Crippen LogP contribution in [0.3, 0.4) is 0 Å². The molecule has 4 rings (SSSR count). The van der Waals surface area contributed by atoms with Crippen molar-refractivity contribution in [2.45, 2.75) is 31.2 Å². The van der Waals surface area contributed by atoms with Crippen molar-refractivity contribution in [3.05, 3.63) is 12.2 Å². The number of hydrogen-bond acceptors (Lipinski definition) is 2. The Morgan fingerprint density at radius 1 is 1.50 bits per heavy atom. The van der Waals surface area contributed by atoms with Gasteiger partial charge in [-0.05, 0) is 49.4 Å². The second-order valence-corrected chi connectivity index (χ2v) is 5.34. The first-order chi connectivity index (χ1) is 6.66. The zero-order chi connectivity index (χ0) is 9.92. The Hall–Kier alpha value is -0.810. The van der Waals surface area contributed by atoms with Gasteiger partial charge in [0.05, 0.1) is 6.07 Å². The van der Waals surface area contributed by atoms with E-state index < -0.39 is 0 Å². The fourth-order valence-electron chi connectivity index (χ4n) is 3.99. The van der Waals surface area contributed by atoms with Crippen molar-refractivity contribution in [1.82, 2.24) is 0 Å². The van der Waals surface area contributed by atoms with Crippen LogP contribution < -0.4 is 5.73 Å². The minimum absolute atomic E-state index is 0.176. The molecule has 0 aromatic carbocycles. The Morgan fingerprint density at radius 3 is 2.93 bits per heavy atom. The van der Waals surface area contributed by atoms with Crippen LogP contribution in [-0.4, -0.2) is 5.54 Å². The van der Waals surface area contributed by atoms with Crippen molar-refractivity contribution >= 4 is 0 Å². The van der Waals surface area contributed by atoms with E-state index in [9.17, 15) is 0 Å². The molecular formula is C12H16N2. The molecule has 0 aliphatic heterocycles. The van der Waals surface area contributed by atoms with Crippen molar-refractivity contribution in [3.8, 4) is 6.07 Å². The molecule has 14 heavy (non-hydrogen) atoms. The van der Waals surface area contributed by atoms with E-state index in [0.717, 1.165) is 12.0 Å². The lowest BCUT2D eigenvalue weighted by molar-refractivity contribution is 0.0935. The Labute approximate surface area is 84.8 Å². The third-order valence-corrected chi connectivity index (χ3v) is 4.88. The molecular weight excluding hydrogens is 172 g/mol. The minimum atomic E-state index is 0.176. The van der Waals surface area contributed by atoms with Gasteiger partial charge < -0.3 is 5.73 Å². The van der Waals surface area contributed by atoms with Gasteiger partial charge in [0.15, 0.2) is 0 Å². The van der Waals surface area contributed by atoms with Crippen molar-refractivity contribution in [2.24, 2.45) is 29.4 Å². The van der Waals surface area contributed by atoms with Crippen LogP contribution in [0.15, 0.2) is 12.2 Å². The smallest absolute Gasteiger partial charge is 0.0943 e. The van der Waals surface area contributed by atoms with E-state index in [4.69, 9.17) is 11.0 Å².